The number of halogens is 1. The normalized spacial score (nSPS) is 12.1. The number of ether oxygens (including phenoxy) is 2. The molecule has 1 aromatic rings. The Hall–Kier alpha value is -1.58. The van der Waals surface area contributed by atoms with Crippen LogP contribution >= 0.6 is 0 Å². The fourth-order valence-corrected chi connectivity index (χ4v) is 1.75. The minimum absolute atomic E-state index is 0.102. The highest BCUT2D eigenvalue weighted by Gasteiger charge is 2.20. The second-order valence-corrected chi connectivity index (χ2v) is 3.92. The number of hydrogen-bond acceptors (Lipinski definition) is 3. The van der Waals surface area contributed by atoms with Crippen molar-refractivity contribution in [3.05, 3.63) is 23.3 Å². The Kier molecular flexibility index (Phi) is 5.13. The molecule has 0 saturated heterocycles. The predicted octanol–water partition coefficient (Wildman–Crippen LogP) is 3.72. The van der Waals surface area contributed by atoms with E-state index in [0.717, 1.165) is 0 Å². The lowest BCUT2D eigenvalue weighted by Crippen LogP contribution is -2.05. The van der Waals surface area contributed by atoms with E-state index in [-0.39, 0.29) is 5.78 Å². The molecule has 0 aromatic heterocycles. The van der Waals surface area contributed by atoms with Crippen LogP contribution in [0.3, 0.4) is 0 Å². The van der Waals surface area contributed by atoms with Gasteiger partial charge in [-0.25, -0.2) is 4.39 Å². The van der Waals surface area contributed by atoms with Crippen molar-refractivity contribution in [2.45, 2.75) is 33.9 Å². The van der Waals surface area contributed by atoms with Crippen LogP contribution in [-0.4, -0.2) is 19.0 Å². The molecule has 0 unspecified atom stereocenters. The molecule has 0 fully saturated rings. The van der Waals surface area contributed by atoms with Gasteiger partial charge in [-0.2, -0.15) is 0 Å². The SMILES string of the molecule is CCOc1cc(C(C)=O)cc(OCC)c1[C@H](C)F. The maximum absolute atomic E-state index is 13.7. The van der Waals surface area contributed by atoms with E-state index in [4.69, 9.17) is 9.47 Å². The average Bonchev–Trinajstić information content (AvgIpc) is 2.28. The van der Waals surface area contributed by atoms with Gasteiger partial charge in [0, 0.05) is 5.56 Å². The molecule has 1 rings (SSSR count). The first-order chi connectivity index (χ1) is 8.51. The summed E-state index contributed by atoms with van der Waals surface area (Å²) in [4.78, 5) is 11.4. The van der Waals surface area contributed by atoms with E-state index in [1.54, 1.807) is 12.1 Å². The molecule has 0 amide bonds. The first-order valence-electron chi connectivity index (χ1n) is 6.09. The lowest BCUT2D eigenvalue weighted by molar-refractivity contribution is 0.101. The highest BCUT2D eigenvalue weighted by molar-refractivity contribution is 5.95. The molecule has 1 atom stereocenters. The molecule has 3 nitrogen and oxygen atoms in total. The van der Waals surface area contributed by atoms with Gasteiger partial charge in [0.25, 0.3) is 0 Å². The maximum Gasteiger partial charge on any atom is 0.160 e. The zero-order valence-corrected chi connectivity index (χ0v) is 11.2. The van der Waals surface area contributed by atoms with E-state index in [9.17, 15) is 9.18 Å². The molecule has 100 valence electrons. The van der Waals surface area contributed by atoms with Crippen molar-refractivity contribution in [1.29, 1.82) is 0 Å². The van der Waals surface area contributed by atoms with Crippen LogP contribution in [0.15, 0.2) is 12.1 Å². The summed E-state index contributed by atoms with van der Waals surface area (Å²) in [5.74, 6) is 0.655. The molecule has 4 heteroatoms. The summed E-state index contributed by atoms with van der Waals surface area (Å²) in [6, 6.07) is 3.14. The van der Waals surface area contributed by atoms with Crippen LogP contribution in [-0.2, 0) is 0 Å². The van der Waals surface area contributed by atoms with Crippen LogP contribution < -0.4 is 9.47 Å². The van der Waals surface area contributed by atoms with Gasteiger partial charge in [-0.3, -0.25) is 4.79 Å². The van der Waals surface area contributed by atoms with Gasteiger partial charge in [0.15, 0.2) is 5.78 Å². The maximum atomic E-state index is 13.7. The van der Waals surface area contributed by atoms with Gasteiger partial charge in [0.1, 0.15) is 17.7 Å². The zero-order chi connectivity index (χ0) is 13.7. The lowest BCUT2D eigenvalue weighted by Gasteiger charge is -2.17. The molecule has 0 radical (unpaired) electrons. The summed E-state index contributed by atoms with van der Waals surface area (Å²) < 4.78 is 24.5. The van der Waals surface area contributed by atoms with Crippen molar-refractivity contribution in [1.82, 2.24) is 0 Å². The summed E-state index contributed by atoms with van der Waals surface area (Å²) in [6.45, 7) is 7.33. The van der Waals surface area contributed by atoms with Crippen molar-refractivity contribution in [2.24, 2.45) is 0 Å². The van der Waals surface area contributed by atoms with E-state index >= 15 is 0 Å². The molecule has 0 aliphatic heterocycles. The standard InChI is InChI=1S/C14H19FO3/c1-5-17-12-7-11(10(4)16)8-13(18-6-2)14(12)9(3)15/h7-9H,5-6H2,1-4H3/t9-/m0/s1. The third kappa shape index (κ3) is 3.22. The number of ketones is 1. The van der Waals surface area contributed by atoms with Gasteiger partial charge in [-0.1, -0.05) is 0 Å². The molecule has 0 aliphatic carbocycles. The third-order valence-corrected chi connectivity index (χ3v) is 2.51. The van der Waals surface area contributed by atoms with Gasteiger partial charge >= 0.3 is 0 Å². The molecule has 0 bridgehead atoms. The van der Waals surface area contributed by atoms with Gasteiger partial charge < -0.3 is 9.47 Å². The van der Waals surface area contributed by atoms with Crippen molar-refractivity contribution in [2.75, 3.05) is 13.2 Å². The van der Waals surface area contributed by atoms with E-state index in [1.165, 1.54) is 13.8 Å². The average molecular weight is 254 g/mol. The van der Waals surface area contributed by atoms with Crippen LogP contribution in [0.1, 0.15) is 49.8 Å². The molecular weight excluding hydrogens is 235 g/mol. The Morgan fingerprint density at radius 3 is 1.94 bits per heavy atom. The second kappa shape index (κ2) is 6.38. The first kappa shape index (κ1) is 14.5. The summed E-state index contributed by atoms with van der Waals surface area (Å²) in [6.07, 6.45) is -1.21. The molecule has 0 heterocycles. The fourth-order valence-electron chi connectivity index (χ4n) is 1.75. The molecule has 0 spiro atoms. The van der Waals surface area contributed by atoms with E-state index < -0.39 is 6.17 Å². The van der Waals surface area contributed by atoms with E-state index in [0.29, 0.717) is 35.8 Å². The van der Waals surface area contributed by atoms with Gasteiger partial charge in [0.05, 0.1) is 18.8 Å². The smallest absolute Gasteiger partial charge is 0.160 e. The minimum atomic E-state index is -1.21. The highest BCUT2D eigenvalue weighted by Crippen LogP contribution is 2.37. The summed E-state index contributed by atoms with van der Waals surface area (Å²) in [5, 5.41) is 0. The molecule has 0 N–H and O–H groups in total. The Balaban J connectivity index is 3.38. The third-order valence-electron chi connectivity index (χ3n) is 2.51. The number of hydrogen-bond donors (Lipinski definition) is 0. The van der Waals surface area contributed by atoms with Gasteiger partial charge in [-0.15, -0.1) is 0 Å². The van der Waals surface area contributed by atoms with Crippen molar-refractivity contribution >= 4 is 5.78 Å². The van der Waals surface area contributed by atoms with Crippen LogP contribution in [0.4, 0.5) is 4.39 Å². The number of rotatable bonds is 6. The van der Waals surface area contributed by atoms with Crippen molar-refractivity contribution in [3.63, 3.8) is 0 Å². The second-order valence-electron chi connectivity index (χ2n) is 3.92. The van der Waals surface area contributed by atoms with Gasteiger partial charge in [0.2, 0.25) is 0 Å². The van der Waals surface area contributed by atoms with Crippen LogP contribution in [0, 0.1) is 0 Å². The van der Waals surface area contributed by atoms with Crippen LogP contribution in [0.5, 0.6) is 11.5 Å². The number of benzene rings is 1. The molecular formula is C14H19FO3. The van der Waals surface area contributed by atoms with Crippen LogP contribution in [0.25, 0.3) is 0 Å². The van der Waals surface area contributed by atoms with Crippen molar-refractivity contribution in [3.8, 4) is 11.5 Å². The molecule has 0 saturated carbocycles. The molecule has 0 aliphatic rings. The van der Waals surface area contributed by atoms with E-state index in [2.05, 4.69) is 0 Å². The largest absolute Gasteiger partial charge is 0.493 e. The topological polar surface area (TPSA) is 35.5 Å². The Morgan fingerprint density at radius 1 is 1.22 bits per heavy atom. The highest BCUT2D eigenvalue weighted by atomic mass is 19.1. The quantitative estimate of drug-likeness (QED) is 0.726. The number of alkyl halides is 1. The van der Waals surface area contributed by atoms with Crippen LogP contribution in [0.2, 0.25) is 0 Å². The Labute approximate surface area is 107 Å². The molecule has 18 heavy (non-hydrogen) atoms. The summed E-state index contributed by atoms with van der Waals surface area (Å²) >= 11 is 0. The number of Topliss-reactive ketones (excluding diaryl/α,β-unsaturated/α-hetero) is 1. The summed E-state index contributed by atoms with van der Waals surface area (Å²) in [5.41, 5.74) is 0.829. The Bertz CT molecular complexity index is 400. The molecule has 1 aromatic carbocycles. The van der Waals surface area contributed by atoms with E-state index in [1.807, 2.05) is 13.8 Å². The number of carbonyl (C=O) groups is 1. The number of carbonyl (C=O) groups excluding carboxylic acids is 1. The van der Waals surface area contributed by atoms with Gasteiger partial charge in [-0.05, 0) is 39.8 Å². The predicted molar refractivity (Wildman–Crippen MR) is 68.3 cm³/mol. The first-order valence-corrected chi connectivity index (χ1v) is 6.09. The minimum Gasteiger partial charge on any atom is -0.493 e. The van der Waals surface area contributed by atoms with Crippen molar-refractivity contribution < 1.29 is 18.7 Å². The Morgan fingerprint density at radius 2 is 1.67 bits per heavy atom. The fraction of sp³-hybridized carbons (Fsp3) is 0.500. The summed E-state index contributed by atoms with van der Waals surface area (Å²) in [7, 11) is 0. The zero-order valence-electron chi connectivity index (χ0n) is 11.2. The monoisotopic (exact) mass is 254 g/mol. The lowest BCUT2D eigenvalue weighted by atomic mass is 10.0.